The minimum absolute atomic E-state index is 0.801. The van der Waals surface area contributed by atoms with E-state index in [0.29, 0.717) is 0 Å². The van der Waals surface area contributed by atoms with E-state index >= 15 is 0 Å². The lowest BCUT2D eigenvalue weighted by atomic mass is 10.0. The summed E-state index contributed by atoms with van der Waals surface area (Å²) in [6.07, 6.45) is 68.1. The average molecular weight is 912 g/mol. The van der Waals surface area contributed by atoms with Gasteiger partial charge >= 0.3 is 8.80 Å². The van der Waals surface area contributed by atoms with Gasteiger partial charge in [0.15, 0.2) is 0 Å². The second kappa shape index (κ2) is 55.8. The molecule has 0 aromatic rings. The van der Waals surface area contributed by atoms with Crippen LogP contribution in [0.25, 0.3) is 0 Å². The van der Waals surface area contributed by atoms with Crippen LogP contribution in [-0.4, -0.2) is 34.4 Å². The number of hydrogen-bond donors (Lipinski definition) is 1. The maximum Gasteiger partial charge on any atom is 0.500 e. The van der Waals surface area contributed by atoms with Gasteiger partial charge in [0.25, 0.3) is 0 Å². The van der Waals surface area contributed by atoms with Crippen molar-refractivity contribution in [3.8, 4) is 0 Å². The second-order valence-electron chi connectivity index (χ2n) is 20.0. The Morgan fingerprint density at radius 2 is 0.387 bits per heavy atom. The molecule has 5 heteroatoms. The van der Waals surface area contributed by atoms with Gasteiger partial charge in [0.05, 0.1) is 0 Å². The molecular formula is C57H118O3SSi. The van der Waals surface area contributed by atoms with Crippen molar-refractivity contribution < 1.29 is 13.3 Å². The summed E-state index contributed by atoms with van der Waals surface area (Å²) in [6.45, 7) is 9.33. The zero-order valence-corrected chi connectivity index (χ0v) is 45.3. The van der Waals surface area contributed by atoms with Crippen LogP contribution in [0.2, 0.25) is 6.04 Å². The highest BCUT2D eigenvalue weighted by atomic mass is 32.1. The Hall–Kier alpha value is 0.447. The zero-order valence-electron chi connectivity index (χ0n) is 43.4. The lowest BCUT2D eigenvalue weighted by Crippen LogP contribution is -2.46. The van der Waals surface area contributed by atoms with Crippen LogP contribution in [0.15, 0.2) is 0 Å². The van der Waals surface area contributed by atoms with E-state index in [1.807, 2.05) is 0 Å². The van der Waals surface area contributed by atoms with Gasteiger partial charge in [-0.25, -0.2) is 0 Å². The topological polar surface area (TPSA) is 27.7 Å². The number of unbranched alkanes of at least 4 members (excludes halogenated alkanes) is 45. The van der Waals surface area contributed by atoms with Crippen molar-refractivity contribution in [3.63, 3.8) is 0 Å². The molecule has 0 unspecified atom stereocenters. The van der Waals surface area contributed by atoms with Crippen LogP contribution in [0.3, 0.4) is 0 Å². The summed E-state index contributed by atoms with van der Waals surface area (Å²) < 4.78 is 20.3. The molecule has 0 heterocycles. The molecule has 0 amide bonds. The molecule has 3 nitrogen and oxygen atoms in total. The Kier molecular flexibility index (Phi) is 56.2. The second-order valence-corrected chi connectivity index (χ2v) is 23.1. The van der Waals surface area contributed by atoms with Crippen LogP contribution >= 0.6 is 12.6 Å². The smallest absolute Gasteiger partial charge is 0.373 e. The van der Waals surface area contributed by atoms with Gasteiger partial charge in [-0.15, -0.1) is 0 Å². The molecule has 0 aliphatic carbocycles. The number of thiol groups is 1. The van der Waals surface area contributed by atoms with Gasteiger partial charge in [-0.1, -0.05) is 310 Å². The molecule has 0 aliphatic rings. The fourth-order valence-corrected chi connectivity index (χ4v) is 12.4. The maximum absolute atomic E-state index is 6.77. The summed E-state index contributed by atoms with van der Waals surface area (Å²) in [5.41, 5.74) is 0. The monoisotopic (exact) mass is 911 g/mol. The summed E-state index contributed by atoms with van der Waals surface area (Å²) in [7, 11) is -2.69. The minimum atomic E-state index is -2.69. The lowest BCUT2D eigenvalue weighted by molar-refractivity contribution is 0.0551. The molecule has 0 aliphatic heterocycles. The molecule has 0 bridgehead atoms. The molecule has 0 aromatic heterocycles. The normalized spacial score (nSPS) is 12.0. The van der Waals surface area contributed by atoms with Crippen molar-refractivity contribution in [2.45, 2.75) is 341 Å². The van der Waals surface area contributed by atoms with E-state index in [0.717, 1.165) is 57.3 Å². The van der Waals surface area contributed by atoms with Crippen LogP contribution in [0, 0.1) is 0 Å². The van der Waals surface area contributed by atoms with Gasteiger partial charge in [0, 0.05) is 25.9 Å². The Morgan fingerprint density at radius 3 is 0.548 bits per heavy atom. The molecule has 0 saturated carbocycles. The van der Waals surface area contributed by atoms with Gasteiger partial charge in [0.2, 0.25) is 0 Å². The molecular weight excluding hydrogens is 793 g/mol. The molecule has 0 atom stereocenters. The third-order valence-corrected chi connectivity index (χ3v) is 16.8. The Morgan fingerprint density at radius 1 is 0.226 bits per heavy atom. The Labute approximate surface area is 399 Å². The fourth-order valence-electron chi connectivity index (χ4n) is 9.27. The highest BCUT2D eigenvalue weighted by molar-refractivity contribution is 7.80. The number of hydrogen-bond acceptors (Lipinski definition) is 4. The van der Waals surface area contributed by atoms with Crippen molar-refractivity contribution in [3.05, 3.63) is 0 Å². The van der Waals surface area contributed by atoms with Crippen LogP contribution in [0.5, 0.6) is 0 Å². The van der Waals surface area contributed by atoms with E-state index < -0.39 is 8.80 Å². The van der Waals surface area contributed by atoms with Crippen LogP contribution in [-0.2, 0) is 13.3 Å². The first-order valence-corrected chi connectivity index (χ1v) is 31.8. The van der Waals surface area contributed by atoms with Gasteiger partial charge in [-0.2, -0.15) is 12.6 Å². The zero-order chi connectivity index (χ0) is 44.8. The molecule has 0 aromatic carbocycles. The Balaban J connectivity index is 4.39. The van der Waals surface area contributed by atoms with Gasteiger partial charge in [0.1, 0.15) is 0 Å². The molecule has 62 heavy (non-hydrogen) atoms. The third-order valence-electron chi connectivity index (χ3n) is 13.6. The standard InChI is InChI=1S/C57H118O3SSi/c1-4-7-10-13-16-19-22-25-28-31-34-37-40-43-46-49-53-58-62(57-52-56-61,59-54-50-47-44-41-38-35-32-29-26-23-20-17-14-11-8-5-2)60-55-51-48-45-42-39-36-33-30-27-24-21-18-15-12-9-6-3/h61H,4-57H2,1-3H3. The SMILES string of the molecule is CCCCCCCCCCCCCCCCCCO[Si](CCCS)(OCCCCCCCCCCCCCCCCCC)OCCCCCCCCCCCCCCCCCC. The molecule has 0 N–H and O–H groups in total. The summed E-state index contributed by atoms with van der Waals surface area (Å²) >= 11 is 4.61. The van der Waals surface area contributed by atoms with E-state index in [1.165, 1.54) is 289 Å². The summed E-state index contributed by atoms with van der Waals surface area (Å²) in [5.74, 6) is 0.877. The predicted molar refractivity (Wildman–Crippen MR) is 286 cm³/mol. The molecule has 374 valence electrons. The van der Waals surface area contributed by atoms with Crippen molar-refractivity contribution >= 4 is 21.4 Å². The van der Waals surface area contributed by atoms with E-state index in [1.54, 1.807) is 0 Å². The highest BCUT2D eigenvalue weighted by Crippen LogP contribution is 2.23. The summed E-state index contributed by atoms with van der Waals surface area (Å²) in [4.78, 5) is 0. The van der Waals surface area contributed by atoms with Gasteiger partial charge in [-0.3, -0.25) is 0 Å². The van der Waals surface area contributed by atoms with E-state index in [9.17, 15) is 0 Å². The molecule has 0 fully saturated rings. The third kappa shape index (κ3) is 49.9. The predicted octanol–water partition coefficient (Wildman–Crippen LogP) is 21.1. The molecule has 0 rings (SSSR count). The largest absolute Gasteiger partial charge is 0.500 e. The van der Waals surface area contributed by atoms with Crippen molar-refractivity contribution in [1.82, 2.24) is 0 Å². The van der Waals surface area contributed by atoms with Gasteiger partial charge in [-0.05, 0) is 31.4 Å². The molecule has 0 radical (unpaired) electrons. The quantitative estimate of drug-likeness (QED) is 0.0374. The lowest BCUT2D eigenvalue weighted by Gasteiger charge is -2.30. The van der Waals surface area contributed by atoms with Crippen LogP contribution in [0.4, 0.5) is 0 Å². The minimum Gasteiger partial charge on any atom is -0.373 e. The van der Waals surface area contributed by atoms with Gasteiger partial charge < -0.3 is 13.3 Å². The highest BCUT2D eigenvalue weighted by Gasteiger charge is 2.40. The first-order valence-electron chi connectivity index (χ1n) is 29.3. The molecule has 0 spiro atoms. The average Bonchev–Trinajstić information content (AvgIpc) is 3.28. The van der Waals surface area contributed by atoms with Crippen LogP contribution < -0.4 is 0 Å². The maximum atomic E-state index is 6.77. The first kappa shape index (κ1) is 62.4. The van der Waals surface area contributed by atoms with E-state index in [4.69, 9.17) is 13.3 Å². The number of rotatable bonds is 57. The van der Waals surface area contributed by atoms with E-state index in [-0.39, 0.29) is 0 Å². The fraction of sp³-hybridized carbons (Fsp3) is 1.00. The van der Waals surface area contributed by atoms with Crippen molar-refractivity contribution in [2.24, 2.45) is 0 Å². The van der Waals surface area contributed by atoms with Crippen molar-refractivity contribution in [2.75, 3.05) is 25.6 Å². The van der Waals surface area contributed by atoms with Crippen molar-refractivity contribution in [1.29, 1.82) is 0 Å². The van der Waals surface area contributed by atoms with Crippen LogP contribution in [0.1, 0.15) is 335 Å². The summed E-state index contributed by atoms with van der Waals surface area (Å²) in [6, 6.07) is 0.924. The Bertz CT molecular complexity index is 690. The van der Waals surface area contributed by atoms with E-state index in [2.05, 4.69) is 33.4 Å². The first-order chi connectivity index (χ1) is 30.7. The molecule has 0 saturated heterocycles. The summed E-state index contributed by atoms with van der Waals surface area (Å²) in [5, 5.41) is 0.